The number of nitrogens with zero attached hydrogens (tertiary/aromatic N) is 3. The first-order chi connectivity index (χ1) is 21.9. The molecular weight excluding hydrogens is 595 g/mol. The van der Waals surface area contributed by atoms with Crippen molar-refractivity contribution in [3.63, 3.8) is 0 Å². The van der Waals surface area contributed by atoms with Crippen LogP contribution in [0.15, 0.2) is 71.3 Å². The topological polar surface area (TPSA) is 94.1 Å². The number of urea groups is 1. The van der Waals surface area contributed by atoms with Crippen molar-refractivity contribution in [3.05, 3.63) is 94.1 Å². The number of imide groups is 1. The van der Waals surface area contributed by atoms with E-state index in [4.69, 9.17) is 0 Å². The highest BCUT2D eigenvalue weighted by atomic mass is 19.4. The third-order valence-corrected chi connectivity index (χ3v) is 8.04. The first-order valence-corrected chi connectivity index (χ1v) is 15.3. The predicted molar refractivity (Wildman–Crippen MR) is 174 cm³/mol. The average Bonchev–Trinajstić information content (AvgIpc) is 3.82. The zero-order chi connectivity index (χ0) is 33.4. The van der Waals surface area contributed by atoms with Crippen LogP contribution in [-0.2, 0) is 23.9 Å². The van der Waals surface area contributed by atoms with Crippen LogP contribution in [0.25, 0.3) is 5.57 Å². The van der Waals surface area contributed by atoms with E-state index in [0.29, 0.717) is 29.2 Å². The molecule has 0 radical (unpaired) electrons. The number of carbonyl (C=O) groups is 3. The van der Waals surface area contributed by atoms with Crippen molar-refractivity contribution < 1.29 is 27.6 Å². The molecule has 46 heavy (non-hydrogen) atoms. The van der Waals surface area contributed by atoms with E-state index in [1.165, 1.54) is 24.5 Å². The second-order valence-electron chi connectivity index (χ2n) is 11.8. The average molecular weight is 636 g/mol. The summed E-state index contributed by atoms with van der Waals surface area (Å²) in [5, 5.41) is 4.63. The lowest BCUT2D eigenvalue weighted by atomic mass is 9.98. The Morgan fingerprint density at radius 3 is 2.59 bits per heavy atom. The highest BCUT2D eigenvalue weighted by Gasteiger charge is 2.31. The largest absolute Gasteiger partial charge is 0.416 e. The minimum absolute atomic E-state index is 0.158. The molecule has 0 spiro atoms. The maximum Gasteiger partial charge on any atom is 0.416 e. The van der Waals surface area contributed by atoms with Gasteiger partial charge in [0.25, 0.3) is 5.91 Å². The Morgan fingerprint density at radius 2 is 1.91 bits per heavy atom. The molecule has 0 bridgehead atoms. The number of hydrogen-bond donors (Lipinski definition) is 2. The number of fused-ring (bicyclic) bond motifs is 1. The zero-order valence-electron chi connectivity index (χ0n) is 26.5. The van der Waals surface area contributed by atoms with Gasteiger partial charge in [-0.2, -0.15) is 13.2 Å². The summed E-state index contributed by atoms with van der Waals surface area (Å²) in [6, 6.07) is 8.71. The number of carbonyl (C=O) groups excluding carboxylic acids is 3. The fourth-order valence-corrected chi connectivity index (χ4v) is 5.22. The van der Waals surface area contributed by atoms with Gasteiger partial charge in [-0.15, -0.1) is 0 Å². The van der Waals surface area contributed by atoms with Crippen LogP contribution in [-0.4, -0.2) is 61.2 Å². The molecule has 2 N–H and O–H groups in total. The van der Waals surface area contributed by atoms with E-state index in [1.54, 1.807) is 36.4 Å². The third kappa shape index (κ3) is 9.18. The Labute approximate surface area is 267 Å². The van der Waals surface area contributed by atoms with Gasteiger partial charge in [-0.1, -0.05) is 43.4 Å². The number of halogens is 3. The fraction of sp³-hybridized carbons (Fsp3) is 0.371. The van der Waals surface area contributed by atoms with E-state index in [-0.39, 0.29) is 12.3 Å². The molecule has 2 aromatic carbocycles. The van der Waals surface area contributed by atoms with Crippen molar-refractivity contribution in [1.29, 1.82) is 0 Å². The molecule has 1 unspecified atom stereocenters. The predicted octanol–water partition coefficient (Wildman–Crippen LogP) is 6.66. The molecule has 2 aromatic rings. The minimum atomic E-state index is -4.47. The summed E-state index contributed by atoms with van der Waals surface area (Å²) in [5.41, 5.74) is 4.83. The lowest BCUT2D eigenvalue weighted by molar-refractivity contribution is -0.137. The molecule has 8 nitrogen and oxygen atoms in total. The number of amides is 4. The summed E-state index contributed by atoms with van der Waals surface area (Å²) >= 11 is 0. The molecule has 0 saturated heterocycles. The van der Waals surface area contributed by atoms with Crippen LogP contribution in [0.3, 0.4) is 0 Å². The van der Waals surface area contributed by atoms with Gasteiger partial charge in [-0.05, 0) is 85.1 Å². The molecule has 1 saturated carbocycles. The number of hydrogen-bond acceptors (Lipinski definition) is 4. The van der Waals surface area contributed by atoms with Gasteiger partial charge in [0.05, 0.1) is 23.6 Å². The summed E-state index contributed by atoms with van der Waals surface area (Å²) < 4.78 is 40.2. The van der Waals surface area contributed by atoms with Crippen LogP contribution in [0.5, 0.6) is 0 Å². The summed E-state index contributed by atoms with van der Waals surface area (Å²) in [5.74, 6) is 0.821. The fourth-order valence-electron chi connectivity index (χ4n) is 5.22. The van der Waals surface area contributed by atoms with Gasteiger partial charge in [0.15, 0.2) is 0 Å². The number of alkyl halides is 3. The Balaban J connectivity index is 0.000000305. The van der Waals surface area contributed by atoms with E-state index < -0.39 is 23.8 Å². The Morgan fingerprint density at radius 1 is 1.15 bits per heavy atom. The summed E-state index contributed by atoms with van der Waals surface area (Å²) in [4.78, 5) is 41.8. The molecule has 4 amide bonds. The van der Waals surface area contributed by atoms with E-state index in [9.17, 15) is 27.6 Å². The lowest BCUT2D eigenvalue weighted by Crippen LogP contribution is -2.40. The summed E-state index contributed by atoms with van der Waals surface area (Å²) in [6.07, 6.45) is 8.38. The van der Waals surface area contributed by atoms with Gasteiger partial charge in [0.2, 0.25) is 6.41 Å². The molecule has 1 heterocycles. The number of benzene rings is 2. The number of rotatable bonds is 9. The molecule has 244 valence electrons. The molecule has 5 rings (SSSR count). The molecule has 1 fully saturated rings. The Hall–Kier alpha value is -4.67. The molecule has 0 aromatic heterocycles. The quantitative estimate of drug-likeness (QED) is 0.183. The van der Waals surface area contributed by atoms with Gasteiger partial charge < -0.3 is 15.1 Å². The molecule has 1 aliphatic heterocycles. The molecular formula is C35H40F3N5O3. The van der Waals surface area contributed by atoms with Crippen LogP contribution >= 0.6 is 0 Å². The second-order valence-corrected chi connectivity index (χ2v) is 11.8. The van der Waals surface area contributed by atoms with Gasteiger partial charge in [-0.25, -0.2) is 9.79 Å². The van der Waals surface area contributed by atoms with E-state index in [2.05, 4.69) is 29.4 Å². The maximum atomic E-state index is 13.4. The number of nitrogens with one attached hydrogen (secondary N) is 2. The first kappa shape index (κ1) is 34.2. The Kier molecular flexibility index (Phi) is 11.2. The molecule has 2 aliphatic carbocycles. The van der Waals surface area contributed by atoms with Crippen molar-refractivity contribution in [2.45, 2.75) is 58.3 Å². The van der Waals surface area contributed by atoms with Crippen LogP contribution < -0.4 is 10.6 Å². The summed E-state index contributed by atoms with van der Waals surface area (Å²) in [7, 11) is 3.75. The highest BCUT2D eigenvalue weighted by molar-refractivity contribution is 5.98. The van der Waals surface area contributed by atoms with E-state index in [0.717, 1.165) is 48.3 Å². The second kappa shape index (κ2) is 15.1. The maximum absolute atomic E-state index is 13.4. The van der Waals surface area contributed by atoms with Crippen molar-refractivity contribution >= 4 is 35.9 Å². The van der Waals surface area contributed by atoms with Crippen molar-refractivity contribution in [2.24, 2.45) is 10.9 Å². The van der Waals surface area contributed by atoms with E-state index in [1.807, 2.05) is 36.5 Å². The van der Waals surface area contributed by atoms with Crippen molar-refractivity contribution in [2.75, 3.05) is 20.6 Å². The monoisotopic (exact) mass is 635 g/mol. The number of aliphatic imine (C=N–C) groups is 1. The molecule has 1 atom stereocenters. The first-order valence-electron chi connectivity index (χ1n) is 15.3. The molecule has 11 heteroatoms. The standard InChI is InChI=1S/C24H27F3N4O2.C11H13NO/c1-16(30-23(33)29-15-32)18-4-3-5-19(9-8-18)21-12-20(24(25,26)27)10-11-22(21)28-14-31(2)13-17-6-7-17;1-3-8-4-5-9-7-12(2)11(13)10(9)6-8/h3-4,8-12,14-17H,5-7,13H2,1-2H3,(H2,29,30,32,33);4-6H,3,7H2,1-2H3. The minimum Gasteiger partial charge on any atom is -0.365 e. The normalized spacial score (nSPS) is 16.5. The smallest absolute Gasteiger partial charge is 0.365 e. The number of allylic oxidation sites excluding steroid dienone is 4. The van der Waals surface area contributed by atoms with Gasteiger partial charge in [-0.3, -0.25) is 14.9 Å². The zero-order valence-corrected chi connectivity index (χ0v) is 26.5. The van der Waals surface area contributed by atoms with Crippen molar-refractivity contribution in [1.82, 2.24) is 20.4 Å². The highest BCUT2D eigenvalue weighted by Crippen LogP contribution is 2.37. The number of aryl methyl sites for hydroxylation is 1. The van der Waals surface area contributed by atoms with E-state index >= 15 is 0 Å². The van der Waals surface area contributed by atoms with Crippen LogP contribution in [0.2, 0.25) is 0 Å². The van der Waals surface area contributed by atoms with Crippen LogP contribution in [0.1, 0.15) is 65.7 Å². The van der Waals surface area contributed by atoms with Gasteiger partial charge >= 0.3 is 12.2 Å². The third-order valence-electron chi connectivity index (χ3n) is 8.04. The van der Waals surface area contributed by atoms with Gasteiger partial charge in [0, 0.05) is 38.3 Å². The van der Waals surface area contributed by atoms with Crippen LogP contribution in [0, 0.1) is 5.92 Å². The Bertz CT molecular complexity index is 1570. The van der Waals surface area contributed by atoms with Crippen LogP contribution in [0.4, 0.5) is 23.7 Å². The SMILES string of the molecule is CC(NC(=O)NC=O)C1=CC=C(c2cc(C(F)(F)F)ccc2N=CN(C)CC2CC2)CC=C1.CCc1ccc2c(c1)C(=O)N(C)C2. The lowest BCUT2D eigenvalue weighted by Gasteiger charge is -2.15. The van der Waals surface area contributed by atoms with Gasteiger partial charge in [0.1, 0.15) is 0 Å². The van der Waals surface area contributed by atoms with Crippen molar-refractivity contribution in [3.8, 4) is 0 Å². The molecule has 3 aliphatic rings. The summed E-state index contributed by atoms with van der Waals surface area (Å²) in [6.45, 7) is 5.48.